The Labute approximate surface area is 163 Å². The third kappa shape index (κ3) is 5.53. The number of benzene rings is 1. The van der Waals surface area contributed by atoms with Gasteiger partial charge in [0.2, 0.25) is 5.89 Å². The van der Waals surface area contributed by atoms with E-state index >= 15 is 0 Å². The number of nitrogens with zero attached hydrogens (tertiary/aromatic N) is 3. The second-order valence-corrected chi connectivity index (χ2v) is 7.29. The van der Waals surface area contributed by atoms with Gasteiger partial charge in [-0.2, -0.15) is 4.98 Å². The van der Waals surface area contributed by atoms with Gasteiger partial charge in [0.15, 0.2) is 5.82 Å². The monoisotopic (exact) mass is 378 g/mol. The van der Waals surface area contributed by atoms with Crippen molar-refractivity contribution in [2.24, 2.45) is 5.92 Å². The molecular formula is C20H31ClN4O. The van der Waals surface area contributed by atoms with Crippen LogP contribution in [-0.2, 0) is 12.8 Å². The van der Waals surface area contributed by atoms with Crippen LogP contribution in [0.5, 0.6) is 0 Å². The molecule has 0 saturated carbocycles. The van der Waals surface area contributed by atoms with Gasteiger partial charge < -0.3 is 9.84 Å². The Hall–Kier alpha value is -1.43. The first-order valence-electron chi connectivity index (χ1n) is 9.43. The maximum absolute atomic E-state index is 5.52. The van der Waals surface area contributed by atoms with Crippen LogP contribution in [0.2, 0.25) is 0 Å². The Morgan fingerprint density at radius 1 is 1.19 bits per heavy atom. The van der Waals surface area contributed by atoms with Crippen LogP contribution in [0.25, 0.3) is 0 Å². The summed E-state index contributed by atoms with van der Waals surface area (Å²) in [6, 6.07) is 11.4. The molecule has 2 unspecified atom stereocenters. The van der Waals surface area contributed by atoms with Crippen molar-refractivity contribution in [3.05, 3.63) is 47.6 Å². The number of halogens is 1. The van der Waals surface area contributed by atoms with Gasteiger partial charge in [0.1, 0.15) is 0 Å². The third-order valence-electron chi connectivity index (χ3n) is 5.39. The van der Waals surface area contributed by atoms with Gasteiger partial charge >= 0.3 is 0 Å². The number of likely N-dealkylation sites (tertiary alicyclic amines) is 1. The van der Waals surface area contributed by atoms with Crippen LogP contribution >= 0.6 is 12.4 Å². The highest BCUT2D eigenvalue weighted by Crippen LogP contribution is 2.27. The first-order valence-corrected chi connectivity index (χ1v) is 9.43. The van der Waals surface area contributed by atoms with E-state index in [9.17, 15) is 0 Å². The molecule has 0 amide bonds. The molecule has 6 heteroatoms. The van der Waals surface area contributed by atoms with Gasteiger partial charge in [0.25, 0.3) is 0 Å². The summed E-state index contributed by atoms with van der Waals surface area (Å²) in [6.45, 7) is 6.50. The Morgan fingerprint density at radius 3 is 2.54 bits per heavy atom. The second kappa shape index (κ2) is 10.0. The Bertz CT molecular complexity index is 640. The summed E-state index contributed by atoms with van der Waals surface area (Å²) >= 11 is 0. The molecule has 0 spiro atoms. The molecule has 0 radical (unpaired) electrons. The lowest BCUT2D eigenvalue weighted by Gasteiger charge is -2.34. The van der Waals surface area contributed by atoms with Gasteiger partial charge in [-0.15, -0.1) is 12.4 Å². The number of rotatable bonds is 7. The second-order valence-electron chi connectivity index (χ2n) is 7.29. The summed E-state index contributed by atoms with van der Waals surface area (Å²) in [5.41, 5.74) is 1.45. The number of nitrogens with one attached hydrogen (secondary N) is 1. The summed E-state index contributed by atoms with van der Waals surface area (Å²) < 4.78 is 5.52. The van der Waals surface area contributed by atoms with Gasteiger partial charge in [0.05, 0.1) is 6.04 Å². The van der Waals surface area contributed by atoms with Crippen molar-refractivity contribution in [2.75, 3.05) is 20.1 Å². The minimum absolute atomic E-state index is 0. The van der Waals surface area contributed by atoms with Crippen LogP contribution in [0.1, 0.15) is 50.0 Å². The van der Waals surface area contributed by atoms with Crippen molar-refractivity contribution in [2.45, 2.75) is 51.6 Å². The van der Waals surface area contributed by atoms with E-state index < -0.39 is 0 Å². The quantitative estimate of drug-likeness (QED) is 0.796. The first kappa shape index (κ1) is 20.9. The molecule has 2 atom stereocenters. The summed E-state index contributed by atoms with van der Waals surface area (Å²) in [4.78, 5) is 7.07. The highest BCUT2D eigenvalue weighted by molar-refractivity contribution is 5.85. The number of likely N-dealkylation sites (N-methyl/N-ethyl adjacent to an activating group) is 1. The topological polar surface area (TPSA) is 54.2 Å². The van der Waals surface area contributed by atoms with E-state index in [0.29, 0.717) is 6.04 Å². The lowest BCUT2D eigenvalue weighted by Crippen LogP contribution is -2.36. The fourth-order valence-electron chi connectivity index (χ4n) is 3.54. The van der Waals surface area contributed by atoms with E-state index in [1.54, 1.807) is 0 Å². The first-order chi connectivity index (χ1) is 12.2. The fraction of sp³-hybridized carbons (Fsp3) is 0.600. The van der Waals surface area contributed by atoms with Crippen molar-refractivity contribution in [3.63, 3.8) is 0 Å². The van der Waals surface area contributed by atoms with Crippen LogP contribution in [-0.4, -0.2) is 41.2 Å². The van der Waals surface area contributed by atoms with Crippen LogP contribution in [0.15, 0.2) is 34.9 Å². The fourth-order valence-corrected chi connectivity index (χ4v) is 3.54. The molecule has 1 aliphatic rings. The van der Waals surface area contributed by atoms with Gasteiger partial charge in [-0.3, -0.25) is 4.90 Å². The number of aromatic nitrogens is 2. The minimum Gasteiger partial charge on any atom is -0.338 e. The zero-order valence-electron chi connectivity index (χ0n) is 16.0. The molecule has 1 aromatic carbocycles. The van der Waals surface area contributed by atoms with Crippen molar-refractivity contribution >= 4 is 12.4 Å². The SMILES string of the molecule is CNC(C)Cc1noc(C(C)N2CCC(Cc3ccccc3)CC2)n1.Cl. The van der Waals surface area contributed by atoms with Gasteiger partial charge in [-0.1, -0.05) is 35.5 Å². The molecule has 1 aromatic heterocycles. The highest BCUT2D eigenvalue weighted by atomic mass is 35.5. The van der Waals surface area contributed by atoms with Crippen molar-refractivity contribution in [1.82, 2.24) is 20.4 Å². The van der Waals surface area contributed by atoms with Gasteiger partial charge in [-0.05, 0) is 64.7 Å². The predicted molar refractivity (Wildman–Crippen MR) is 107 cm³/mol. The predicted octanol–water partition coefficient (Wildman–Crippen LogP) is 3.66. The van der Waals surface area contributed by atoms with Crippen LogP contribution < -0.4 is 5.32 Å². The summed E-state index contributed by atoms with van der Waals surface area (Å²) in [7, 11) is 1.95. The number of piperidine rings is 1. The minimum atomic E-state index is 0. The van der Waals surface area contributed by atoms with Crippen LogP contribution in [0.4, 0.5) is 0 Å². The molecule has 5 nitrogen and oxygen atoms in total. The van der Waals surface area contributed by atoms with Gasteiger partial charge in [-0.25, -0.2) is 0 Å². The number of hydrogen-bond acceptors (Lipinski definition) is 5. The molecule has 1 aliphatic heterocycles. The summed E-state index contributed by atoms with van der Waals surface area (Å²) in [5, 5.41) is 7.35. The molecule has 2 heterocycles. The van der Waals surface area contributed by atoms with E-state index in [2.05, 4.69) is 64.5 Å². The highest BCUT2D eigenvalue weighted by Gasteiger charge is 2.27. The normalized spacial score (nSPS) is 18.3. The van der Waals surface area contributed by atoms with E-state index in [-0.39, 0.29) is 18.4 Å². The molecular weight excluding hydrogens is 348 g/mol. The maximum Gasteiger partial charge on any atom is 0.243 e. The van der Waals surface area contributed by atoms with E-state index in [1.807, 2.05) is 7.05 Å². The molecule has 1 N–H and O–H groups in total. The zero-order chi connectivity index (χ0) is 17.6. The van der Waals surface area contributed by atoms with E-state index in [4.69, 9.17) is 4.52 Å². The Morgan fingerprint density at radius 2 is 1.88 bits per heavy atom. The molecule has 1 fully saturated rings. The van der Waals surface area contributed by atoms with E-state index in [0.717, 1.165) is 37.1 Å². The smallest absolute Gasteiger partial charge is 0.243 e. The molecule has 144 valence electrons. The molecule has 1 saturated heterocycles. The van der Waals surface area contributed by atoms with Gasteiger partial charge in [0, 0.05) is 12.5 Å². The molecule has 26 heavy (non-hydrogen) atoms. The molecule has 0 bridgehead atoms. The maximum atomic E-state index is 5.52. The lowest BCUT2D eigenvalue weighted by atomic mass is 9.89. The van der Waals surface area contributed by atoms with Crippen LogP contribution in [0.3, 0.4) is 0 Å². The molecule has 2 aromatic rings. The van der Waals surface area contributed by atoms with E-state index in [1.165, 1.54) is 24.8 Å². The molecule has 0 aliphatic carbocycles. The largest absolute Gasteiger partial charge is 0.338 e. The standard InChI is InChI=1S/C20H30N4O.ClH/c1-15(21-3)13-19-22-20(25-23-19)16(2)24-11-9-18(10-12-24)14-17-7-5-4-6-8-17;/h4-8,15-16,18,21H,9-14H2,1-3H3;1H. The zero-order valence-corrected chi connectivity index (χ0v) is 16.8. The van der Waals surface area contributed by atoms with Crippen molar-refractivity contribution in [1.29, 1.82) is 0 Å². The average molecular weight is 379 g/mol. The van der Waals surface area contributed by atoms with Crippen LogP contribution in [0, 0.1) is 5.92 Å². The summed E-state index contributed by atoms with van der Waals surface area (Å²) in [6.07, 6.45) is 4.45. The average Bonchev–Trinajstić information content (AvgIpc) is 3.11. The Kier molecular flexibility index (Phi) is 8.07. The van der Waals surface area contributed by atoms with Crippen molar-refractivity contribution < 1.29 is 4.52 Å². The van der Waals surface area contributed by atoms with Crippen molar-refractivity contribution in [3.8, 4) is 0 Å². The summed E-state index contributed by atoms with van der Waals surface area (Å²) in [5.74, 6) is 2.32. The third-order valence-corrected chi connectivity index (χ3v) is 5.39. The molecule has 3 rings (SSSR count). The number of hydrogen-bond donors (Lipinski definition) is 1. The lowest BCUT2D eigenvalue weighted by molar-refractivity contribution is 0.119. The Balaban J connectivity index is 0.00000243.